The Hall–Kier alpha value is -2.14. The van der Waals surface area contributed by atoms with Gasteiger partial charge in [0.2, 0.25) is 5.91 Å². The smallest absolute Gasteiger partial charge is 0.226 e. The molecule has 0 aliphatic heterocycles. The van der Waals surface area contributed by atoms with Crippen LogP contribution in [0.25, 0.3) is 10.9 Å². The second-order valence-electron chi connectivity index (χ2n) is 5.19. The van der Waals surface area contributed by atoms with Gasteiger partial charge in [0.25, 0.3) is 0 Å². The largest absolute Gasteiger partial charge is 0.326 e. The highest BCUT2D eigenvalue weighted by Gasteiger charge is 2.08. The first-order valence-electron chi connectivity index (χ1n) is 7.10. The van der Waals surface area contributed by atoms with Crippen molar-refractivity contribution in [1.29, 1.82) is 0 Å². The van der Waals surface area contributed by atoms with Crippen molar-refractivity contribution in [2.24, 2.45) is 0 Å². The molecule has 22 heavy (non-hydrogen) atoms. The Balaban J connectivity index is 1.66. The van der Waals surface area contributed by atoms with Crippen LogP contribution >= 0.6 is 15.9 Å². The van der Waals surface area contributed by atoms with E-state index in [-0.39, 0.29) is 5.91 Å². The van der Waals surface area contributed by atoms with Crippen LogP contribution in [0.2, 0.25) is 0 Å². The van der Waals surface area contributed by atoms with Crippen LogP contribution in [-0.4, -0.2) is 15.7 Å². The first-order chi connectivity index (χ1) is 10.6. The van der Waals surface area contributed by atoms with Gasteiger partial charge in [-0.2, -0.15) is 5.10 Å². The van der Waals surface area contributed by atoms with E-state index in [4.69, 9.17) is 0 Å². The van der Waals surface area contributed by atoms with Gasteiger partial charge in [-0.3, -0.25) is 9.48 Å². The zero-order valence-corrected chi connectivity index (χ0v) is 13.8. The van der Waals surface area contributed by atoms with Crippen molar-refractivity contribution < 1.29 is 4.79 Å². The minimum Gasteiger partial charge on any atom is -0.326 e. The molecule has 0 saturated heterocycles. The number of hydrogen-bond acceptors (Lipinski definition) is 2. The predicted octanol–water partition coefficient (Wildman–Crippen LogP) is 4.14. The van der Waals surface area contributed by atoms with Crippen LogP contribution in [-0.2, 0) is 11.3 Å². The van der Waals surface area contributed by atoms with Crippen LogP contribution in [0.1, 0.15) is 12.0 Å². The molecule has 0 fully saturated rings. The highest BCUT2D eigenvalue weighted by atomic mass is 79.9. The molecule has 2 aromatic carbocycles. The predicted molar refractivity (Wildman–Crippen MR) is 91.9 cm³/mol. The Morgan fingerprint density at radius 3 is 2.77 bits per heavy atom. The number of para-hydroxylation sites is 1. The lowest BCUT2D eigenvalue weighted by atomic mass is 10.2. The fourth-order valence-corrected chi connectivity index (χ4v) is 2.73. The van der Waals surface area contributed by atoms with Gasteiger partial charge in [0.05, 0.1) is 18.3 Å². The number of aryl methyl sites for hydroxylation is 2. The van der Waals surface area contributed by atoms with Crippen LogP contribution in [0.15, 0.2) is 53.1 Å². The van der Waals surface area contributed by atoms with Gasteiger partial charge in [0, 0.05) is 22.0 Å². The number of aromatic nitrogens is 2. The van der Waals surface area contributed by atoms with Crippen LogP contribution in [0.5, 0.6) is 0 Å². The lowest BCUT2D eigenvalue weighted by Gasteiger charge is -2.07. The maximum atomic E-state index is 12.0. The van der Waals surface area contributed by atoms with E-state index in [0.29, 0.717) is 13.0 Å². The number of halogens is 1. The first-order valence-corrected chi connectivity index (χ1v) is 7.89. The fraction of sp³-hybridized carbons (Fsp3) is 0.176. The summed E-state index contributed by atoms with van der Waals surface area (Å²) >= 11 is 3.37. The number of rotatable bonds is 4. The summed E-state index contributed by atoms with van der Waals surface area (Å²) in [4.78, 5) is 12.0. The maximum absolute atomic E-state index is 12.0. The molecule has 4 nitrogen and oxygen atoms in total. The minimum absolute atomic E-state index is 0.0143. The summed E-state index contributed by atoms with van der Waals surface area (Å²) in [6, 6.07) is 13.7. The van der Waals surface area contributed by atoms with E-state index in [1.54, 1.807) is 0 Å². The fourth-order valence-electron chi connectivity index (χ4n) is 2.46. The maximum Gasteiger partial charge on any atom is 0.226 e. The molecule has 1 aromatic heterocycles. The van der Waals surface area contributed by atoms with E-state index >= 15 is 0 Å². The Labute approximate surface area is 137 Å². The Bertz CT molecular complexity index is 808. The number of hydrogen-bond donors (Lipinski definition) is 1. The average Bonchev–Trinajstić information content (AvgIpc) is 2.92. The summed E-state index contributed by atoms with van der Waals surface area (Å²) in [5, 5.41) is 8.38. The number of carbonyl (C=O) groups excluding carboxylic acids is 1. The molecule has 1 heterocycles. The van der Waals surface area contributed by atoms with Crippen LogP contribution in [0.3, 0.4) is 0 Å². The second-order valence-corrected chi connectivity index (χ2v) is 6.10. The van der Waals surface area contributed by atoms with Gasteiger partial charge in [0.1, 0.15) is 0 Å². The van der Waals surface area contributed by atoms with Crippen LogP contribution < -0.4 is 5.32 Å². The van der Waals surface area contributed by atoms with E-state index in [1.807, 2.05) is 47.3 Å². The number of amides is 1. The quantitative estimate of drug-likeness (QED) is 0.762. The Morgan fingerprint density at radius 1 is 1.23 bits per heavy atom. The first kappa shape index (κ1) is 14.8. The molecule has 0 spiro atoms. The summed E-state index contributed by atoms with van der Waals surface area (Å²) in [5.41, 5.74) is 3.07. The molecule has 0 atom stereocenters. The van der Waals surface area contributed by atoms with E-state index in [1.165, 1.54) is 5.56 Å². The molecule has 112 valence electrons. The van der Waals surface area contributed by atoms with Gasteiger partial charge in [0.15, 0.2) is 0 Å². The number of nitrogens with zero attached hydrogens (tertiary/aromatic N) is 2. The number of anilines is 1. The molecule has 1 N–H and O–H groups in total. The van der Waals surface area contributed by atoms with Crippen LogP contribution in [0, 0.1) is 6.92 Å². The van der Waals surface area contributed by atoms with E-state index in [2.05, 4.69) is 39.3 Å². The topological polar surface area (TPSA) is 46.9 Å². The summed E-state index contributed by atoms with van der Waals surface area (Å²) in [6.45, 7) is 2.62. The van der Waals surface area contributed by atoms with Crippen LogP contribution in [0.4, 0.5) is 5.69 Å². The van der Waals surface area contributed by atoms with Gasteiger partial charge in [-0.15, -0.1) is 0 Å². The van der Waals surface area contributed by atoms with Crippen molar-refractivity contribution in [1.82, 2.24) is 9.78 Å². The zero-order chi connectivity index (χ0) is 15.5. The molecular weight excluding hydrogens is 342 g/mol. The Morgan fingerprint density at radius 2 is 2.00 bits per heavy atom. The summed E-state index contributed by atoms with van der Waals surface area (Å²) in [5.74, 6) is -0.0143. The minimum atomic E-state index is -0.0143. The monoisotopic (exact) mass is 357 g/mol. The van der Waals surface area contributed by atoms with Crippen molar-refractivity contribution in [2.75, 3.05) is 5.32 Å². The van der Waals surface area contributed by atoms with Gasteiger partial charge in [-0.05, 0) is 36.8 Å². The molecule has 5 heteroatoms. The SMILES string of the molecule is Cc1cccc2cnn(CCC(=O)Nc3ccc(Br)cc3)c12. The van der Waals surface area contributed by atoms with Crippen molar-refractivity contribution in [3.8, 4) is 0 Å². The number of benzene rings is 2. The van der Waals surface area contributed by atoms with E-state index in [0.717, 1.165) is 21.1 Å². The average molecular weight is 358 g/mol. The summed E-state index contributed by atoms with van der Waals surface area (Å²) in [7, 11) is 0. The molecule has 1 amide bonds. The van der Waals surface area contributed by atoms with E-state index < -0.39 is 0 Å². The molecule has 0 aliphatic rings. The molecular formula is C17H16BrN3O. The number of carbonyl (C=O) groups is 1. The lowest BCUT2D eigenvalue weighted by molar-refractivity contribution is -0.116. The molecule has 3 aromatic rings. The lowest BCUT2D eigenvalue weighted by Crippen LogP contribution is -2.15. The number of fused-ring (bicyclic) bond motifs is 1. The molecule has 0 aliphatic carbocycles. The normalized spacial score (nSPS) is 10.8. The van der Waals surface area contributed by atoms with E-state index in [9.17, 15) is 4.79 Å². The van der Waals surface area contributed by atoms with Crippen molar-refractivity contribution in [3.63, 3.8) is 0 Å². The molecule has 0 saturated carbocycles. The second kappa shape index (κ2) is 6.32. The van der Waals surface area contributed by atoms with Gasteiger partial charge in [-0.25, -0.2) is 0 Å². The summed E-state index contributed by atoms with van der Waals surface area (Å²) < 4.78 is 2.88. The van der Waals surface area contributed by atoms with Crippen molar-refractivity contribution in [3.05, 3.63) is 58.7 Å². The van der Waals surface area contributed by atoms with Gasteiger partial charge >= 0.3 is 0 Å². The molecule has 0 radical (unpaired) electrons. The third-order valence-corrected chi connectivity index (χ3v) is 4.07. The summed E-state index contributed by atoms with van der Waals surface area (Å²) in [6.07, 6.45) is 2.23. The third-order valence-electron chi connectivity index (χ3n) is 3.54. The van der Waals surface area contributed by atoms with Crippen molar-refractivity contribution >= 4 is 38.4 Å². The molecule has 0 unspecified atom stereocenters. The third kappa shape index (κ3) is 3.20. The van der Waals surface area contributed by atoms with Gasteiger partial charge < -0.3 is 5.32 Å². The van der Waals surface area contributed by atoms with Gasteiger partial charge in [-0.1, -0.05) is 34.1 Å². The number of nitrogens with one attached hydrogen (secondary N) is 1. The standard InChI is InChI=1S/C17H16BrN3O/c1-12-3-2-4-13-11-19-21(17(12)13)10-9-16(22)20-15-7-5-14(18)6-8-15/h2-8,11H,9-10H2,1H3,(H,20,22). The highest BCUT2D eigenvalue weighted by Crippen LogP contribution is 2.18. The highest BCUT2D eigenvalue weighted by molar-refractivity contribution is 9.10. The zero-order valence-electron chi connectivity index (χ0n) is 12.2. The molecule has 3 rings (SSSR count). The van der Waals surface area contributed by atoms with Crippen molar-refractivity contribution in [2.45, 2.75) is 19.9 Å². The Kier molecular flexibility index (Phi) is 4.24. The molecule has 0 bridgehead atoms.